The Labute approximate surface area is 108 Å². The van der Waals surface area contributed by atoms with Gasteiger partial charge < -0.3 is 9.84 Å². The SMILES string of the molecule is COc1cc(Cc2ccc(F)cc2)nc(C(=O)O)n1. The van der Waals surface area contributed by atoms with E-state index in [1.807, 2.05) is 0 Å². The molecule has 98 valence electrons. The molecule has 0 saturated heterocycles. The molecule has 0 amide bonds. The minimum atomic E-state index is -1.22. The first-order chi connectivity index (χ1) is 9.08. The van der Waals surface area contributed by atoms with Gasteiger partial charge in [-0.25, -0.2) is 14.2 Å². The van der Waals surface area contributed by atoms with Gasteiger partial charge in [0.1, 0.15) is 5.82 Å². The van der Waals surface area contributed by atoms with E-state index in [1.54, 1.807) is 18.2 Å². The lowest BCUT2D eigenvalue weighted by Crippen LogP contribution is -2.08. The molecule has 1 N–H and O–H groups in total. The first-order valence-corrected chi connectivity index (χ1v) is 5.48. The summed E-state index contributed by atoms with van der Waals surface area (Å²) in [6.07, 6.45) is 0.374. The summed E-state index contributed by atoms with van der Waals surface area (Å²) in [5, 5.41) is 8.90. The van der Waals surface area contributed by atoms with E-state index in [-0.39, 0.29) is 17.5 Å². The molecule has 0 saturated carbocycles. The highest BCUT2D eigenvalue weighted by atomic mass is 19.1. The van der Waals surface area contributed by atoms with Gasteiger partial charge in [-0.2, -0.15) is 4.98 Å². The fraction of sp³-hybridized carbons (Fsp3) is 0.154. The van der Waals surface area contributed by atoms with Crippen molar-refractivity contribution >= 4 is 5.97 Å². The minimum Gasteiger partial charge on any atom is -0.481 e. The largest absolute Gasteiger partial charge is 0.481 e. The number of ether oxygens (including phenoxy) is 1. The van der Waals surface area contributed by atoms with E-state index >= 15 is 0 Å². The Kier molecular flexibility index (Phi) is 3.70. The molecule has 0 fully saturated rings. The van der Waals surface area contributed by atoms with Crippen LogP contribution in [0.15, 0.2) is 30.3 Å². The van der Waals surface area contributed by atoms with Gasteiger partial charge in [-0.3, -0.25) is 0 Å². The van der Waals surface area contributed by atoms with E-state index in [2.05, 4.69) is 9.97 Å². The molecule has 1 aromatic heterocycles. The van der Waals surface area contributed by atoms with Crippen molar-refractivity contribution in [3.05, 3.63) is 53.2 Å². The van der Waals surface area contributed by atoms with E-state index in [1.165, 1.54) is 19.2 Å². The van der Waals surface area contributed by atoms with Crippen LogP contribution in [0.3, 0.4) is 0 Å². The smallest absolute Gasteiger partial charge is 0.374 e. The van der Waals surface area contributed by atoms with Crippen molar-refractivity contribution in [2.24, 2.45) is 0 Å². The number of aromatic carboxylic acids is 1. The van der Waals surface area contributed by atoms with Crippen LogP contribution in [-0.4, -0.2) is 28.2 Å². The van der Waals surface area contributed by atoms with Gasteiger partial charge in [-0.15, -0.1) is 0 Å². The summed E-state index contributed by atoms with van der Waals surface area (Å²) in [5.74, 6) is -1.68. The molecule has 2 rings (SSSR count). The molecule has 1 heterocycles. The highest BCUT2D eigenvalue weighted by molar-refractivity contribution is 5.83. The third-order valence-electron chi connectivity index (χ3n) is 2.45. The van der Waals surface area contributed by atoms with Crippen molar-refractivity contribution in [3.8, 4) is 5.88 Å². The number of halogens is 1. The molecule has 6 heteroatoms. The van der Waals surface area contributed by atoms with E-state index in [0.717, 1.165) is 5.56 Å². The Hall–Kier alpha value is -2.50. The van der Waals surface area contributed by atoms with Gasteiger partial charge in [-0.1, -0.05) is 12.1 Å². The second-order valence-corrected chi connectivity index (χ2v) is 3.83. The summed E-state index contributed by atoms with van der Waals surface area (Å²) >= 11 is 0. The van der Waals surface area contributed by atoms with Crippen LogP contribution in [0.5, 0.6) is 5.88 Å². The zero-order valence-electron chi connectivity index (χ0n) is 10.1. The van der Waals surface area contributed by atoms with Crippen molar-refractivity contribution in [1.29, 1.82) is 0 Å². The molecule has 0 aliphatic heterocycles. The lowest BCUT2D eigenvalue weighted by Gasteiger charge is -2.05. The Morgan fingerprint density at radius 2 is 2.00 bits per heavy atom. The fourth-order valence-electron chi connectivity index (χ4n) is 1.57. The number of aromatic nitrogens is 2. The van der Waals surface area contributed by atoms with Gasteiger partial charge in [0.15, 0.2) is 0 Å². The van der Waals surface area contributed by atoms with Gasteiger partial charge in [0.25, 0.3) is 0 Å². The average Bonchev–Trinajstić information content (AvgIpc) is 2.41. The number of carboxylic acid groups (broad SMARTS) is 1. The molecule has 0 unspecified atom stereocenters. The topological polar surface area (TPSA) is 72.3 Å². The minimum absolute atomic E-state index is 0.185. The van der Waals surface area contributed by atoms with Gasteiger partial charge in [-0.05, 0) is 17.7 Å². The number of nitrogens with zero attached hydrogens (tertiary/aromatic N) is 2. The summed E-state index contributed by atoms with van der Waals surface area (Å²) in [6, 6.07) is 7.46. The summed E-state index contributed by atoms with van der Waals surface area (Å²) in [6.45, 7) is 0. The van der Waals surface area contributed by atoms with Crippen molar-refractivity contribution < 1.29 is 19.0 Å². The standard InChI is InChI=1S/C13H11FN2O3/c1-19-11-7-10(15-12(16-11)13(17)18)6-8-2-4-9(14)5-3-8/h2-5,7H,6H2,1H3,(H,17,18). The van der Waals surface area contributed by atoms with E-state index in [4.69, 9.17) is 9.84 Å². The first kappa shape index (κ1) is 12.9. The molecule has 0 radical (unpaired) electrons. The fourth-order valence-corrected chi connectivity index (χ4v) is 1.57. The predicted octanol–water partition coefficient (Wildman–Crippen LogP) is 1.91. The molecule has 0 atom stereocenters. The van der Waals surface area contributed by atoms with Crippen molar-refractivity contribution in [2.45, 2.75) is 6.42 Å². The van der Waals surface area contributed by atoms with Crippen molar-refractivity contribution in [2.75, 3.05) is 7.11 Å². The maximum absolute atomic E-state index is 12.8. The molecule has 0 spiro atoms. The number of carbonyl (C=O) groups is 1. The Morgan fingerprint density at radius 3 is 2.58 bits per heavy atom. The van der Waals surface area contributed by atoms with Gasteiger partial charge in [0.05, 0.1) is 12.8 Å². The Balaban J connectivity index is 2.31. The van der Waals surface area contributed by atoms with Gasteiger partial charge in [0, 0.05) is 12.5 Å². The van der Waals surface area contributed by atoms with Crippen LogP contribution in [-0.2, 0) is 6.42 Å². The lowest BCUT2D eigenvalue weighted by atomic mass is 10.1. The monoisotopic (exact) mass is 262 g/mol. The van der Waals surface area contributed by atoms with Crippen molar-refractivity contribution in [3.63, 3.8) is 0 Å². The molecule has 0 aliphatic rings. The molecular formula is C13H11FN2O3. The number of methoxy groups -OCH3 is 1. The number of hydrogen-bond acceptors (Lipinski definition) is 4. The van der Waals surface area contributed by atoms with Crippen LogP contribution in [0.2, 0.25) is 0 Å². The van der Waals surface area contributed by atoms with Crippen LogP contribution < -0.4 is 4.74 Å². The number of carboxylic acids is 1. The average molecular weight is 262 g/mol. The van der Waals surface area contributed by atoms with Crippen LogP contribution in [0, 0.1) is 5.82 Å². The summed E-state index contributed by atoms with van der Waals surface area (Å²) in [4.78, 5) is 18.5. The molecular weight excluding hydrogens is 251 g/mol. The molecule has 0 bridgehead atoms. The highest BCUT2D eigenvalue weighted by Crippen LogP contribution is 2.13. The summed E-state index contributed by atoms with van der Waals surface area (Å²) in [5.41, 5.74) is 1.31. The summed E-state index contributed by atoms with van der Waals surface area (Å²) < 4.78 is 17.7. The predicted molar refractivity (Wildman–Crippen MR) is 64.7 cm³/mol. The van der Waals surface area contributed by atoms with Crippen LogP contribution >= 0.6 is 0 Å². The third-order valence-corrected chi connectivity index (χ3v) is 2.45. The Morgan fingerprint density at radius 1 is 1.32 bits per heavy atom. The first-order valence-electron chi connectivity index (χ1n) is 5.48. The molecule has 2 aromatic rings. The Bertz CT molecular complexity index is 599. The van der Waals surface area contributed by atoms with Gasteiger partial charge >= 0.3 is 5.97 Å². The van der Waals surface area contributed by atoms with E-state index in [0.29, 0.717) is 12.1 Å². The lowest BCUT2D eigenvalue weighted by molar-refractivity contribution is 0.0682. The van der Waals surface area contributed by atoms with E-state index < -0.39 is 5.97 Å². The maximum Gasteiger partial charge on any atom is 0.374 e. The zero-order valence-corrected chi connectivity index (χ0v) is 10.1. The van der Waals surface area contributed by atoms with E-state index in [9.17, 15) is 9.18 Å². The number of hydrogen-bond donors (Lipinski definition) is 1. The van der Waals surface area contributed by atoms with Crippen LogP contribution in [0.4, 0.5) is 4.39 Å². The third kappa shape index (κ3) is 3.25. The summed E-state index contributed by atoms with van der Waals surface area (Å²) in [7, 11) is 1.40. The van der Waals surface area contributed by atoms with Crippen LogP contribution in [0.25, 0.3) is 0 Å². The normalized spacial score (nSPS) is 10.2. The van der Waals surface area contributed by atoms with Gasteiger partial charge in [0.2, 0.25) is 11.7 Å². The van der Waals surface area contributed by atoms with Crippen LogP contribution in [0.1, 0.15) is 21.9 Å². The molecule has 0 aliphatic carbocycles. The molecule has 1 aromatic carbocycles. The number of benzene rings is 1. The molecule has 5 nitrogen and oxygen atoms in total. The highest BCUT2D eigenvalue weighted by Gasteiger charge is 2.11. The molecule has 19 heavy (non-hydrogen) atoms. The number of rotatable bonds is 4. The second kappa shape index (κ2) is 5.43. The zero-order chi connectivity index (χ0) is 13.8. The van der Waals surface area contributed by atoms with Crippen molar-refractivity contribution in [1.82, 2.24) is 9.97 Å². The second-order valence-electron chi connectivity index (χ2n) is 3.83. The maximum atomic E-state index is 12.8. The quantitative estimate of drug-likeness (QED) is 0.911.